The van der Waals surface area contributed by atoms with Crippen LogP contribution < -0.4 is 15.0 Å². The molecule has 5 nitrogen and oxygen atoms in total. The molecular formula is C18H17ClN2O3. The first-order valence-electron chi connectivity index (χ1n) is 7.56. The number of rotatable bonds is 3. The largest absolute Gasteiger partial charge is 0.479 e. The van der Waals surface area contributed by atoms with Gasteiger partial charge in [-0.15, -0.1) is 0 Å². The first kappa shape index (κ1) is 16.3. The second-order valence-corrected chi connectivity index (χ2v) is 6.09. The van der Waals surface area contributed by atoms with E-state index in [0.29, 0.717) is 28.6 Å². The average molecular weight is 345 g/mol. The Morgan fingerprint density at radius 1 is 1.29 bits per heavy atom. The van der Waals surface area contributed by atoms with Crippen LogP contribution >= 0.6 is 11.6 Å². The van der Waals surface area contributed by atoms with E-state index in [4.69, 9.17) is 16.3 Å². The SMILES string of the molecule is CC1Oc2ccc(CNC(=O)c3cccc(Cl)c3)cc2N(C)C1=O. The molecule has 0 aromatic heterocycles. The van der Waals surface area contributed by atoms with E-state index in [-0.39, 0.29) is 11.8 Å². The van der Waals surface area contributed by atoms with E-state index in [1.807, 2.05) is 18.2 Å². The summed E-state index contributed by atoms with van der Waals surface area (Å²) in [5, 5.41) is 3.36. The summed E-state index contributed by atoms with van der Waals surface area (Å²) < 4.78 is 5.58. The fourth-order valence-electron chi connectivity index (χ4n) is 2.58. The van der Waals surface area contributed by atoms with Crippen LogP contribution in [0.3, 0.4) is 0 Å². The molecule has 0 bridgehead atoms. The number of nitrogens with zero attached hydrogens (tertiary/aromatic N) is 1. The molecule has 1 unspecified atom stereocenters. The van der Waals surface area contributed by atoms with Gasteiger partial charge >= 0.3 is 0 Å². The van der Waals surface area contributed by atoms with E-state index >= 15 is 0 Å². The van der Waals surface area contributed by atoms with Gasteiger partial charge in [0.15, 0.2) is 6.10 Å². The molecule has 0 aliphatic carbocycles. The molecule has 1 heterocycles. The summed E-state index contributed by atoms with van der Waals surface area (Å²) in [5.41, 5.74) is 2.08. The molecule has 124 valence electrons. The molecule has 24 heavy (non-hydrogen) atoms. The summed E-state index contributed by atoms with van der Waals surface area (Å²) in [7, 11) is 1.72. The van der Waals surface area contributed by atoms with Crippen molar-refractivity contribution in [2.45, 2.75) is 19.6 Å². The zero-order valence-electron chi connectivity index (χ0n) is 13.4. The Morgan fingerprint density at radius 2 is 2.08 bits per heavy atom. The van der Waals surface area contributed by atoms with Crippen LogP contribution in [0.25, 0.3) is 0 Å². The standard InChI is InChI=1S/C18H17ClN2O3/c1-11-18(23)21(2)15-8-12(6-7-16(15)24-11)10-20-17(22)13-4-3-5-14(19)9-13/h3-9,11H,10H2,1-2H3,(H,20,22). The van der Waals surface area contributed by atoms with Crippen molar-refractivity contribution in [3.8, 4) is 5.75 Å². The summed E-state index contributed by atoms with van der Waals surface area (Å²) >= 11 is 5.90. The van der Waals surface area contributed by atoms with Gasteiger partial charge in [0.2, 0.25) is 0 Å². The number of halogens is 1. The van der Waals surface area contributed by atoms with Crippen molar-refractivity contribution in [3.63, 3.8) is 0 Å². The highest BCUT2D eigenvalue weighted by molar-refractivity contribution is 6.30. The minimum Gasteiger partial charge on any atom is -0.479 e. The predicted octanol–water partition coefficient (Wildman–Crippen LogP) is 3.01. The first-order chi connectivity index (χ1) is 11.5. The molecule has 2 amide bonds. The Hall–Kier alpha value is -2.53. The summed E-state index contributed by atoms with van der Waals surface area (Å²) in [6.45, 7) is 2.07. The van der Waals surface area contributed by atoms with Gasteiger partial charge in [0.05, 0.1) is 5.69 Å². The number of nitrogens with one attached hydrogen (secondary N) is 1. The smallest absolute Gasteiger partial charge is 0.267 e. The number of fused-ring (bicyclic) bond motifs is 1. The zero-order valence-corrected chi connectivity index (χ0v) is 14.1. The van der Waals surface area contributed by atoms with Crippen LogP contribution in [-0.2, 0) is 11.3 Å². The maximum Gasteiger partial charge on any atom is 0.267 e. The summed E-state index contributed by atoms with van der Waals surface area (Å²) in [6.07, 6.45) is -0.490. The number of likely N-dealkylation sites (N-methyl/N-ethyl adjacent to an activating group) is 1. The number of carbonyl (C=O) groups excluding carboxylic acids is 2. The normalized spacial score (nSPS) is 16.4. The molecule has 1 atom stereocenters. The maximum atomic E-state index is 12.2. The van der Waals surface area contributed by atoms with Crippen molar-refractivity contribution >= 4 is 29.1 Å². The highest BCUT2D eigenvalue weighted by atomic mass is 35.5. The summed E-state index contributed by atoms with van der Waals surface area (Å²) in [5.74, 6) is 0.363. The van der Waals surface area contributed by atoms with Gasteiger partial charge in [-0.25, -0.2) is 0 Å². The Balaban J connectivity index is 1.73. The minimum absolute atomic E-state index is 0.0948. The molecule has 0 saturated heterocycles. The topological polar surface area (TPSA) is 58.6 Å². The van der Waals surface area contributed by atoms with E-state index < -0.39 is 6.10 Å². The van der Waals surface area contributed by atoms with Gasteiger partial charge in [-0.2, -0.15) is 0 Å². The van der Waals surface area contributed by atoms with Crippen LogP contribution in [0.2, 0.25) is 5.02 Å². The minimum atomic E-state index is -0.490. The predicted molar refractivity (Wildman–Crippen MR) is 92.6 cm³/mol. The Labute approximate surface area is 145 Å². The van der Waals surface area contributed by atoms with Crippen LogP contribution in [0.5, 0.6) is 5.75 Å². The van der Waals surface area contributed by atoms with Crippen molar-refractivity contribution in [3.05, 3.63) is 58.6 Å². The van der Waals surface area contributed by atoms with Crippen LogP contribution in [0, 0.1) is 0 Å². The van der Waals surface area contributed by atoms with Gasteiger partial charge in [0.25, 0.3) is 11.8 Å². The van der Waals surface area contributed by atoms with Crippen molar-refractivity contribution in [1.29, 1.82) is 0 Å². The second-order valence-electron chi connectivity index (χ2n) is 5.65. The van der Waals surface area contributed by atoms with Gasteiger partial charge in [-0.05, 0) is 42.8 Å². The lowest BCUT2D eigenvalue weighted by Crippen LogP contribution is -2.42. The van der Waals surface area contributed by atoms with E-state index in [2.05, 4.69) is 5.32 Å². The molecule has 6 heteroatoms. The third-order valence-electron chi connectivity index (χ3n) is 3.91. The van der Waals surface area contributed by atoms with E-state index in [0.717, 1.165) is 5.56 Å². The number of ether oxygens (including phenoxy) is 1. The van der Waals surface area contributed by atoms with Crippen LogP contribution in [0.15, 0.2) is 42.5 Å². The van der Waals surface area contributed by atoms with Crippen LogP contribution in [-0.4, -0.2) is 25.0 Å². The lowest BCUT2D eigenvalue weighted by Gasteiger charge is -2.30. The number of hydrogen-bond donors (Lipinski definition) is 1. The zero-order chi connectivity index (χ0) is 17.3. The van der Waals surface area contributed by atoms with Crippen molar-refractivity contribution < 1.29 is 14.3 Å². The maximum absolute atomic E-state index is 12.2. The van der Waals surface area contributed by atoms with Gasteiger partial charge in [-0.3, -0.25) is 9.59 Å². The lowest BCUT2D eigenvalue weighted by molar-refractivity contribution is -0.125. The van der Waals surface area contributed by atoms with Crippen LogP contribution in [0.4, 0.5) is 5.69 Å². The molecule has 0 radical (unpaired) electrons. The molecule has 3 rings (SSSR count). The van der Waals surface area contributed by atoms with Crippen molar-refractivity contribution in [2.24, 2.45) is 0 Å². The number of anilines is 1. The quantitative estimate of drug-likeness (QED) is 0.931. The summed E-state index contributed by atoms with van der Waals surface area (Å²) in [6, 6.07) is 12.3. The van der Waals surface area contributed by atoms with Crippen LogP contribution in [0.1, 0.15) is 22.8 Å². The third kappa shape index (κ3) is 3.21. The molecule has 0 saturated carbocycles. The molecule has 1 N–H and O–H groups in total. The Morgan fingerprint density at radius 3 is 2.83 bits per heavy atom. The van der Waals surface area contributed by atoms with Crippen molar-refractivity contribution in [2.75, 3.05) is 11.9 Å². The van der Waals surface area contributed by atoms with Gasteiger partial charge < -0.3 is 15.0 Å². The number of amides is 2. The lowest BCUT2D eigenvalue weighted by atomic mass is 10.1. The molecule has 0 fully saturated rings. The van der Waals surface area contributed by atoms with Gasteiger partial charge in [0, 0.05) is 24.2 Å². The Bertz CT molecular complexity index is 807. The summed E-state index contributed by atoms with van der Waals surface area (Å²) in [4.78, 5) is 25.7. The van der Waals surface area contributed by atoms with Crippen molar-refractivity contribution in [1.82, 2.24) is 5.32 Å². The fraction of sp³-hybridized carbons (Fsp3) is 0.222. The monoisotopic (exact) mass is 344 g/mol. The van der Waals surface area contributed by atoms with Gasteiger partial charge in [-0.1, -0.05) is 23.7 Å². The van der Waals surface area contributed by atoms with E-state index in [1.165, 1.54) is 0 Å². The van der Waals surface area contributed by atoms with E-state index in [9.17, 15) is 9.59 Å². The Kier molecular flexibility index (Phi) is 4.44. The fourth-order valence-corrected chi connectivity index (χ4v) is 2.77. The molecular weight excluding hydrogens is 328 g/mol. The third-order valence-corrected chi connectivity index (χ3v) is 4.14. The molecule has 0 spiro atoms. The second kappa shape index (κ2) is 6.53. The molecule has 2 aromatic carbocycles. The average Bonchev–Trinajstić information content (AvgIpc) is 2.58. The number of benzene rings is 2. The molecule has 2 aromatic rings. The molecule has 1 aliphatic rings. The highest BCUT2D eigenvalue weighted by Gasteiger charge is 2.28. The first-order valence-corrected chi connectivity index (χ1v) is 7.94. The van der Waals surface area contributed by atoms with E-state index in [1.54, 1.807) is 43.1 Å². The highest BCUT2D eigenvalue weighted by Crippen LogP contribution is 2.33. The molecule has 1 aliphatic heterocycles. The number of carbonyl (C=O) groups is 2. The number of hydrogen-bond acceptors (Lipinski definition) is 3. The van der Waals surface area contributed by atoms with Gasteiger partial charge in [0.1, 0.15) is 5.75 Å².